The average Bonchev–Trinajstić information content (AvgIpc) is 3.40. The number of piperidine rings is 1. The molecule has 3 aliphatic heterocycles. The lowest BCUT2D eigenvalue weighted by Gasteiger charge is -2.29. The molecule has 0 radical (unpaired) electrons. The second-order valence-electron chi connectivity index (χ2n) is 8.71. The molecule has 3 atom stereocenters. The van der Waals surface area contributed by atoms with E-state index in [1.54, 1.807) is 11.1 Å². The van der Waals surface area contributed by atoms with Crippen LogP contribution < -0.4 is 11.1 Å². The van der Waals surface area contributed by atoms with Gasteiger partial charge in [-0.2, -0.15) is 0 Å². The number of nitrogens with zero attached hydrogens (tertiary/aromatic N) is 4. The van der Waals surface area contributed by atoms with Crippen molar-refractivity contribution in [1.82, 2.24) is 24.7 Å². The topological polar surface area (TPSA) is 114 Å². The minimum atomic E-state index is -0.599. The van der Waals surface area contributed by atoms with Crippen molar-refractivity contribution >= 4 is 17.7 Å². The molecule has 3 amide bonds. The third-order valence-corrected chi connectivity index (χ3v) is 6.66. The number of fused-ring (bicyclic) bond motifs is 1. The van der Waals surface area contributed by atoms with E-state index in [0.29, 0.717) is 25.1 Å². The molecular weight excluding hydrogens is 396 g/mol. The molecule has 162 valence electrons. The molecule has 2 aromatic rings. The van der Waals surface area contributed by atoms with E-state index >= 15 is 0 Å². The molecule has 4 heterocycles. The van der Waals surface area contributed by atoms with E-state index in [-0.39, 0.29) is 36.1 Å². The molecule has 0 spiro atoms. The number of amides is 3. The molecule has 0 aliphatic carbocycles. The number of likely N-dealkylation sites (tertiary alicyclic amines) is 1. The Hall–Kier alpha value is -3.04. The molecule has 1 aromatic carbocycles. The van der Waals surface area contributed by atoms with Gasteiger partial charge >= 0.3 is 0 Å². The predicted molar refractivity (Wildman–Crippen MR) is 112 cm³/mol. The largest absolute Gasteiger partial charge is 0.338 e. The fourth-order valence-corrected chi connectivity index (χ4v) is 5.11. The predicted octanol–water partition coefficient (Wildman–Crippen LogP) is 0.108. The van der Waals surface area contributed by atoms with E-state index in [1.165, 1.54) is 0 Å². The van der Waals surface area contributed by atoms with Gasteiger partial charge in [-0.25, -0.2) is 4.98 Å². The maximum Gasteiger partial charge on any atom is 0.255 e. The number of hydrogen-bond donors (Lipinski definition) is 2. The smallest absolute Gasteiger partial charge is 0.255 e. The van der Waals surface area contributed by atoms with Crippen LogP contribution in [0.1, 0.15) is 46.1 Å². The zero-order chi connectivity index (χ0) is 21.7. The molecule has 3 aliphatic rings. The maximum absolute atomic E-state index is 13.3. The van der Waals surface area contributed by atoms with Gasteiger partial charge in [-0.1, -0.05) is 18.2 Å². The molecule has 0 bridgehead atoms. The van der Waals surface area contributed by atoms with Crippen LogP contribution in [0.25, 0.3) is 0 Å². The highest BCUT2D eigenvalue weighted by atomic mass is 16.2. The van der Waals surface area contributed by atoms with E-state index in [1.807, 2.05) is 36.0 Å². The van der Waals surface area contributed by atoms with Crippen LogP contribution in [0.4, 0.5) is 0 Å². The summed E-state index contributed by atoms with van der Waals surface area (Å²) in [6.07, 6.45) is 4.34. The Kier molecular flexibility index (Phi) is 4.86. The van der Waals surface area contributed by atoms with E-state index in [9.17, 15) is 14.4 Å². The van der Waals surface area contributed by atoms with Crippen LogP contribution in [0.15, 0.2) is 30.6 Å². The van der Waals surface area contributed by atoms with Gasteiger partial charge < -0.3 is 15.2 Å². The number of carbonyl (C=O) groups is 3. The molecule has 31 heavy (non-hydrogen) atoms. The lowest BCUT2D eigenvalue weighted by molar-refractivity contribution is -0.136. The quantitative estimate of drug-likeness (QED) is 0.676. The van der Waals surface area contributed by atoms with Crippen molar-refractivity contribution < 1.29 is 14.4 Å². The molecule has 2 fully saturated rings. The second-order valence-corrected chi connectivity index (χ2v) is 8.71. The van der Waals surface area contributed by atoms with Gasteiger partial charge in [-0.15, -0.1) is 0 Å². The Morgan fingerprint density at radius 3 is 2.81 bits per heavy atom. The number of imidazole rings is 1. The molecule has 2 saturated heterocycles. The van der Waals surface area contributed by atoms with E-state index in [4.69, 9.17) is 5.73 Å². The van der Waals surface area contributed by atoms with Crippen LogP contribution in [0.3, 0.4) is 0 Å². The lowest BCUT2D eigenvalue weighted by Crippen LogP contribution is -2.52. The third kappa shape index (κ3) is 3.43. The van der Waals surface area contributed by atoms with Gasteiger partial charge in [0.05, 0.1) is 0 Å². The summed E-state index contributed by atoms with van der Waals surface area (Å²) >= 11 is 0. The number of carbonyl (C=O) groups excluding carboxylic acids is 3. The summed E-state index contributed by atoms with van der Waals surface area (Å²) in [7, 11) is 1.98. The maximum atomic E-state index is 13.3. The fourth-order valence-electron chi connectivity index (χ4n) is 5.11. The van der Waals surface area contributed by atoms with Crippen LogP contribution in [0.5, 0.6) is 0 Å². The number of rotatable bonds is 4. The summed E-state index contributed by atoms with van der Waals surface area (Å²) in [5, 5.41) is 2.35. The van der Waals surface area contributed by atoms with Crippen LogP contribution in [-0.4, -0.2) is 62.2 Å². The van der Waals surface area contributed by atoms with E-state index in [2.05, 4.69) is 15.2 Å². The molecule has 0 saturated carbocycles. The van der Waals surface area contributed by atoms with Gasteiger partial charge in [0, 0.05) is 69.6 Å². The highest BCUT2D eigenvalue weighted by Crippen LogP contribution is 2.32. The number of aryl methyl sites for hydroxylation is 1. The number of benzene rings is 1. The summed E-state index contributed by atoms with van der Waals surface area (Å²) in [4.78, 5) is 45.4. The molecule has 9 heteroatoms. The van der Waals surface area contributed by atoms with Gasteiger partial charge in [0.25, 0.3) is 5.91 Å². The van der Waals surface area contributed by atoms with E-state index in [0.717, 1.165) is 30.0 Å². The van der Waals surface area contributed by atoms with Gasteiger partial charge in [-0.3, -0.25) is 24.6 Å². The SMILES string of the molecule is Cn1ccnc1[C@@H]1CN(Cc2cccc3c2C(=O)N(C2CCC(=O)NC2=O)C3)C[C@H]1N. The first-order chi connectivity index (χ1) is 14.9. The molecule has 1 unspecified atom stereocenters. The Morgan fingerprint density at radius 1 is 1.23 bits per heavy atom. The fraction of sp³-hybridized carbons (Fsp3) is 0.455. The zero-order valence-electron chi connectivity index (χ0n) is 17.5. The van der Waals surface area contributed by atoms with Crippen molar-refractivity contribution in [3.05, 3.63) is 53.1 Å². The van der Waals surface area contributed by atoms with Crippen LogP contribution in [-0.2, 0) is 29.7 Å². The standard InChI is InChI=1S/C22H26N6O3/c1-26-8-7-24-20(26)15-11-27(12-16(15)23)9-13-3-2-4-14-10-28(22(31)19(13)14)17-5-6-18(29)25-21(17)30/h2-4,7-8,15-17H,5-6,9-12,23H2,1H3,(H,25,29,30)/t15-,16-,17?/m1/s1. The number of hydrogen-bond acceptors (Lipinski definition) is 6. The van der Waals surface area contributed by atoms with Gasteiger partial charge in [0.2, 0.25) is 11.8 Å². The van der Waals surface area contributed by atoms with Crippen LogP contribution in [0.2, 0.25) is 0 Å². The number of aromatic nitrogens is 2. The van der Waals surface area contributed by atoms with Gasteiger partial charge in [0.1, 0.15) is 11.9 Å². The van der Waals surface area contributed by atoms with Crippen molar-refractivity contribution in [1.29, 1.82) is 0 Å². The molecule has 5 rings (SSSR count). The molecule has 9 nitrogen and oxygen atoms in total. The normalized spacial score (nSPS) is 26.5. The summed E-state index contributed by atoms with van der Waals surface area (Å²) in [5.74, 6) is 0.325. The zero-order valence-corrected chi connectivity index (χ0v) is 17.5. The lowest BCUT2D eigenvalue weighted by atomic mass is 10.0. The molecular formula is C22H26N6O3. The Bertz CT molecular complexity index is 1060. The van der Waals surface area contributed by atoms with Crippen molar-refractivity contribution in [2.75, 3.05) is 13.1 Å². The molecule has 1 aromatic heterocycles. The Morgan fingerprint density at radius 2 is 2.06 bits per heavy atom. The van der Waals surface area contributed by atoms with Gasteiger partial charge in [0.15, 0.2) is 0 Å². The highest BCUT2D eigenvalue weighted by Gasteiger charge is 2.41. The first-order valence-electron chi connectivity index (χ1n) is 10.6. The monoisotopic (exact) mass is 422 g/mol. The second kappa shape index (κ2) is 7.58. The number of nitrogens with two attached hydrogens (primary N) is 1. The van der Waals surface area contributed by atoms with Crippen molar-refractivity contribution in [3.63, 3.8) is 0 Å². The minimum Gasteiger partial charge on any atom is -0.338 e. The first kappa shape index (κ1) is 19.9. The highest BCUT2D eigenvalue weighted by molar-refractivity contribution is 6.05. The van der Waals surface area contributed by atoms with Gasteiger partial charge in [-0.05, 0) is 17.5 Å². The summed E-state index contributed by atoms with van der Waals surface area (Å²) in [6, 6.07) is 5.26. The third-order valence-electron chi connectivity index (χ3n) is 6.66. The van der Waals surface area contributed by atoms with Crippen LogP contribution >= 0.6 is 0 Å². The average molecular weight is 422 g/mol. The van der Waals surface area contributed by atoms with Crippen LogP contribution in [0, 0.1) is 0 Å². The minimum absolute atomic E-state index is 0.0199. The van der Waals surface area contributed by atoms with Crippen molar-refractivity contribution in [3.8, 4) is 0 Å². The van der Waals surface area contributed by atoms with Crippen molar-refractivity contribution in [2.45, 2.75) is 43.9 Å². The summed E-state index contributed by atoms with van der Waals surface area (Å²) < 4.78 is 2.01. The number of nitrogens with one attached hydrogen (secondary N) is 1. The Labute approximate surface area is 180 Å². The first-order valence-corrected chi connectivity index (χ1v) is 10.6. The number of imide groups is 1. The van der Waals surface area contributed by atoms with E-state index < -0.39 is 6.04 Å². The van der Waals surface area contributed by atoms with Crippen molar-refractivity contribution in [2.24, 2.45) is 12.8 Å². The summed E-state index contributed by atoms with van der Waals surface area (Å²) in [6.45, 7) is 2.52. The Balaban J connectivity index is 1.34. The molecule has 3 N–H and O–H groups in total. The summed E-state index contributed by atoms with van der Waals surface area (Å²) in [5.41, 5.74) is 8.99.